The van der Waals surface area contributed by atoms with Gasteiger partial charge >= 0.3 is 0 Å². The Morgan fingerprint density at radius 1 is 1.62 bits per heavy atom. The minimum atomic E-state index is -1.14. The zero-order valence-electron chi connectivity index (χ0n) is 7.65. The van der Waals surface area contributed by atoms with Crippen molar-refractivity contribution in [2.24, 2.45) is 5.73 Å². The summed E-state index contributed by atoms with van der Waals surface area (Å²) >= 11 is 0. The summed E-state index contributed by atoms with van der Waals surface area (Å²) in [5.41, 5.74) is 4.59. The van der Waals surface area contributed by atoms with Crippen LogP contribution in [0.15, 0.2) is 24.4 Å². The Labute approximate surface area is 76.7 Å². The summed E-state index contributed by atoms with van der Waals surface area (Å²) in [4.78, 5) is 15.1. The van der Waals surface area contributed by atoms with Gasteiger partial charge in [0.2, 0.25) is 0 Å². The van der Waals surface area contributed by atoms with Crippen molar-refractivity contribution < 1.29 is 9.53 Å². The predicted molar refractivity (Wildman–Crippen MR) is 47.8 cm³/mol. The van der Waals surface area contributed by atoms with Gasteiger partial charge in [-0.3, -0.25) is 9.78 Å². The van der Waals surface area contributed by atoms with Crippen LogP contribution >= 0.6 is 0 Å². The molecular formula is C9H12N2O2. The molecule has 0 saturated heterocycles. The number of nitrogens with zero attached hydrogens (tertiary/aromatic N) is 1. The van der Waals surface area contributed by atoms with Gasteiger partial charge in [0, 0.05) is 13.3 Å². The average Bonchev–Trinajstić information content (AvgIpc) is 2.17. The van der Waals surface area contributed by atoms with Crippen LogP contribution in [0.4, 0.5) is 0 Å². The quantitative estimate of drug-likeness (QED) is 0.733. The molecule has 0 fully saturated rings. The zero-order valence-corrected chi connectivity index (χ0v) is 7.65. The molecule has 1 amide bonds. The molecule has 2 N–H and O–H groups in total. The molecule has 1 aromatic heterocycles. The summed E-state index contributed by atoms with van der Waals surface area (Å²) < 4.78 is 5.05. The first-order valence-corrected chi connectivity index (χ1v) is 3.88. The van der Waals surface area contributed by atoms with Gasteiger partial charge in [0.15, 0.2) is 5.60 Å². The van der Waals surface area contributed by atoms with E-state index in [0.29, 0.717) is 5.69 Å². The number of carbonyl (C=O) groups is 1. The SMILES string of the molecule is COC(C)(C(N)=O)c1ccccn1. The van der Waals surface area contributed by atoms with Crippen LogP contribution in [-0.2, 0) is 15.1 Å². The molecule has 1 unspecified atom stereocenters. The second-order valence-electron chi connectivity index (χ2n) is 2.82. The second kappa shape index (κ2) is 3.53. The molecule has 4 heteroatoms. The summed E-state index contributed by atoms with van der Waals surface area (Å²) in [5, 5.41) is 0. The number of primary amides is 1. The number of nitrogens with two attached hydrogens (primary N) is 1. The van der Waals surface area contributed by atoms with Gasteiger partial charge in [-0.2, -0.15) is 0 Å². The first kappa shape index (κ1) is 9.67. The molecule has 1 heterocycles. The largest absolute Gasteiger partial charge is 0.367 e. The van der Waals surface area contributed by atoms with Crippen molar-refractivity contribution in [1.29, 1.82) is 0 Å². The number of amides is 1. The van der Waals surface area contributed by atoms with E-state index in [4.69, 9.17) is 10.5 Å². The first-order valence-electron chi connectivity index (χ1n) is 3.88. The minimum Gasteiger partial charge on any atom is -0.367 e. The van der Waals surface area contributed by atoms with E-state index in [1.165, 1.54) is 7.11 Å². The molecule has 1 rings (SSSR count). The molecule has 0 spiro atoms. The molecule has 13 heavy (non-hydrogen) atoms. The lowest BCUT2D eigenvalue weighted by atomic mass is 10.0. The minimum absolute atomic E-state index is 0.519. The van der Waals surface area contributed by atoms with E-state index in [2.05, 4.69) is 4.98 Å². The van der Waals surface area contributed by atoms with Crippen molar-refractivity contribution in [3.63, 3.8) is 0 Å². The first-order chi connectivity index (χ1) is 6.11. The van der Waals surface area contributed by atoms with E-state index in [1.54, 1.807) is 31.3 Å². The number of methoxy groups -OCH3 is 1. The standard InChI is InChI=1S/C9H12N2O2/c1-9(13-2,8(10)12)7-5-3-4-6-11-7/h3-6H,1-2H3,(H2,10,12). The highest BCUT2D eigenvalue weighted by molar-refractivity contribution is 5.83. The number of pyridine rings is 1. The fourth-order valence-electron chi connectivity index (χ4n) is 0.976. The van der Waals surface area contributed by atoms with E-state index in [1.807, 2.05) is 0 Å². The summed E-state index contributed by atoms with van der Waals surface area (Å²) in [6.07, 6.45) is 1.59. The van der Waals surface area contributed by atoms with Gasteiger partial charge in [-0.05, 0) is 19.1 Å². The molecule has 0 radical (unpaired) electrons. The molecule has 70 valence electrons. The van der Waals surface area contributed by atoms with Gasteiger partial charge in [-0.25, -0.2) is 0 Å². The van der Waals surface area contributed by atoms with Crippen molar-refractivity contribution in [2.75, 3.05) is 7.11 Å². The lowest BCUT2D eigenvalue weighted by Gasteiger charge is -2.23. The maximum Gasteiger partial charge on any atom is 0.255 e. The number of aromatic nitrogens is 1. The molecular weight excluding hydrogens is 168 g/mol. The number of hydrogen-bond donors (Lipinski definition) is 1. The highest BCUT2D eigenvalue weighted by Gasteiger charge is 2.34. The predicted octanol–water partition coefficient (Wildman–Crippen LogP) is 0.428. The topological polar surface area (TPSA) is 65.2 Å². The number of carbonyl (C=O) groups excluding carboxylic acids is 1. The second-order valence-corrected chi connectivity index (χ2v) is 2.82. The van der Waals surface area contributed by atoms with Gasteiger partial charge in [0.05, 0.1) is 5.69 Å². The highest BCUT2D eigenvalue weighted by Crippen LogP contribution is 2.21. The zero-order chi connectivity index (χ0) is 9.90. The third-order valence-corrected chi connectivity index (χ3v) is 2.03. The van der Waals surface area contributed by atoms with Crippen molar-refractivity contribution in [2.45, 2.75) is 12.5 Å². The Morgan fingerprint density at radius 2 is 2.31 bits per heavy atom. The Balaban J connectivity index is 3.11. The van der Waals surface area contributed by atoms with Crippen LogP contribution in [0, 0.1) is 0 Å². The van der Waals surface area contributed by atoms with Crippen LogP contribution in [0.25, 0.3) is 0 Å². The van der Waals surface area contributed by atoms with Crippen LogP contribution in [0.3, 0.4) is 0 Å². The van der Waals surface area contributed by atoms with Crippen molar-refractivity contribution in [1.82, 2.24) is 4.98 Å². The fourth-order valence-corrected chi connectivity index (χ4v) is 0.976. The van der Waals surface area contributed by atoms with Crippen molar-refractivity contribution in [3.8, 4) is 0 Å². The fraction of sp³-hybridized carbons (Fsp3) is 0.333. The third-order valence-electron chi connectivity index (χ3n) is 2.03. The molecule has 0 aliphatic carbocycles. The summed E-state index contributed by atoms with van der Waals surface area (Å²) in [6.45, 7) is 1.59. The maximum atomic E-state index is 11.1. The highest BCUT2D eigenvalue weighted by atomic mass is 16.5. The van der Waals surface area contributed by atoms with Gasteiger partial charge in [-0.1, -0.05) is 6.07 Å². The summed E-state index contributed by atoms with van der Waals surface area (Å²) in [6, 6.07) is 5.25. The smallest absolute Gasteiger partial charge is 0.255 e. The number of rotatable bonds is 3. The lowest BCUT2D eigenvalue weighted by Crippen LogP contribution is -2.40. The number of hydrogen-bond acceptors (Lipinski definition) is 3. The lowest BCUT2D eigenvalue weighted by molar-refractivity contribution is -0.139. The van der Waals surface area contributed by atoms with Gasteiger partial charge in [-0.15, -0.1) is 0 Å². The molecule has 0 aliphatic heterocycles. The molecule has 0 bridgehead atoms. The van der Waals surface area contributed by atoms with E-state index in [-0.39, 0.29) is 0 Å². The van der Waals surface area contributed by atoms with Crippen molar-refractivity contribution in [3.05, 3.63) is 30.1 Å². The summed E-state index contributed by atoms with van der Waals surface area (Å²) in [5.74, 6) is -0.547. The Kier molecular flexibility index (Phi) is 2.63. The molecule has 0 saturated carbocycles. The molecule has 0 aliphatic rings. The van der Waals surface area contributed by atoms with Crippen molar-refractivity contribution >= 4 is 5.91 Å². The molecule has 1 atom stereocenters. The van der Waals surface area contributed by atoms with Gasteiger partial charge < -0.3 is 10.5 Å². The van der Waals surface area contributed by atoms with Crippen LogP contribution in [0.5, 0.6) is 0 Å². The van der Waals surface area contributed by atoms with Crippen LogP contribution in [0.2, 0.25) is 0 Å². The van der Waals surface area contributed by atoms with Gasteiger partial charge in [0.25, 0.3) is 5.91 Å². The maximum absolute atomic E-state index is 11.1. The van der Waals surface area contributed by atoms with E-state index in [9.17, 15) is 4.79 Å². The van der Waals surface area contributed by atoms with E-state index in [0.717, 1.165) is 0 Å². The summed E-state index contributed by atoms with van der Waals surface area (Å²) in [7, 11) is 1.43. The Bertz CT molecular complexity index is 300. The van der Waals surface area contributed by atoms with Gasteiger partial charge in [0.1, 0.15) is 0 Å². The average molecular weight is 180 g/mol. The van der Waals surface area contributed by atoms with Crippen LogP contribution in [-0.4, -0.2) is 18.0 Å². The van der Waals surface area contributed by atoms with Crippen LogP contribution in [0.1, 0.15) is 12.6 Å². The molecule has 1 aromatic rings. The third kappa shape index (κ3) is 1.67. The molecule has 4 nitrogen and oxygen atoms in total. The Morgan fingerprint density at radius 3 is 2.69 bits per heavy atom. The van der Waals surface area contributed by atoms with Crippen LogP contribution < -0.4 is 5.73 Å². The molecule has 0 aromatic carbocycles. The number of ether oxygens (including phenoxy) is 1. The van der Waals surface area contributed by atoms with E-state index >= 15 is 0 Å². The van der Waals surface area contributed by atoms with E-state index < -0.39 is 11.5 Å². The Hall–Kier alpha value is -1.42. The monoisotopic (exact) mass is 180 g/mol. The normalized spacial score (nSPS) is 14.9.